The number of carboxylic acids is 1. The molecule has 0 saturated carbocycles. The SMILES string of the molecule is O=C(O)C[C@@H]1S/C(=N\N=C/c2ccc(OCc3ccccc3)cc2)NC1=O. The van der Waals surface area contributed by atoms with Gasteiger partial charge in [-0.2, -0.15) is 5.10 Å². The smallest absolute Gasteiger partial charge is 0.305 e. The summed E-state index contributed by atoms with van der Waals surface area (Å²) in [6, 6.07) is 17.3. The number of rotatable bonds is 7. The number of benzene rings is 2. The van der Waals surface area contributed by atoms with Gasteiger partial charge in [-0.05, 0) is 35.4 Å². The van der Waals surface area contributed by atoms with Gasteiger partial charge in [0.15, 0.2) is 5.17 Å². The van der Waals surface area contributed by atoms with Crippen LogP contribution >= 0.6 is 11.8 Å². The van der Waals surface area contributed by atoms with E-state index in [4.69, 9.17) is 9.84 Å². The molecule has 1 atom stereocenters. The molecule has 138 valence electrons. The van der Waals surface area contributed by atoms with Gasteiger partial charge in [0.2, 0.25) is 5.91 Å². The van der Waals surface area contributed by atoms with E-state index in [-0.39, 0.29) is 12.3 Å². The van der Waals surface area contributed by atoms with Gasteiger partial charge in [0.05, 0.1) is 12.6 Å². The summed E-state index contributed by atoms with van der Waals surface area (Å²) in [7, 11) is 0. The number of carbonyl (C=O) groups is 2. The van der Waals surface area contributed by atoms with E-state index < -0.39 is 11.2 Å². The second-order valence-corrected chi connectivity index (χ2v) is 6.88. The van der Waals surface area contributed by atoms with Crippen LogP contribution in [0.3, 0.4) is 0 Å². The molecule has 27 heavy (non-hydrogen) atoms. The van der Waals surface area contributed by atoms with Gasteiger partial charge in [-0.25, -0.2) is 0 Å². The Morgan fingerprint density at radius 3 is 2.63 bits per heavy atom. The Kier molecular flexibility index (Phi) is 6.22. The van der Waals surface area contributed by atoms with Crippen LogP contribution in [0.25, 0.3) is 0 Å². The van der Waals surface area contributed by atoms with Gasteiger partial charge >= 0.3 is 5.97 Å². The number of aliphatic carboxylic acids is 1. The van der Waals surface area contributed by atoms with E-state index in [9.17, 15) is 9.59 Å². The van der Waals surface area contributed by atoms with E-state index in [1.165, 1.54) is 0 Å². The van der Waals surface area contributed by atoms with Crippen LogP contribution in [0.1, 0.15) is 17.5 Å². The highest BCUT2D eigenvalue weighted by molar-refractivity contribution is 8.15. The van der Waals surface area contributed by atoms with Gasteiger partial charge in [-0.3, -0.25) is 9.59 Å². The molecule has 1 fully saturated rings. The van der Waals surface area contributed by atoms with Crippen molar-refractivity contribution in [2.45, 2.75) is 18.3 Å². The first-order chi connectivity index (χ1) is 13.1. The van der Waals surface area contributed by atoms with Gasteiger partial charge < -0.3 is 15.2 Å². The number of carbonyl (C=O) groups excluding carboxylic acids is 1. The predicted molar refractivity (Wildman–Crippen MR) is 104 cm³/mol. The minimum Gasteiger partial charge on any atom is -0.489 e. The lowest BCUT2D eigenvalue weighted by Crippen LogP contribution is -2.26. The summed E-state index contributed by atoms with van der Waals surface area (Å²) >= 11 is 1.06. The largest absolute Gasteiger partial charge is 0.489 e. The van der Waals surface area contributed by atoms with Gasteiger partial charge in [-0.1, -0.05) is 42.1 Å². The fraction of sp³-hybridized carbons (Fsp3) is 0.158. The van der Waals surface area contributed by atoms with Crippen molar-refractivity contribution in [3.05, 3.63) is 65.7 Å². The second kappa shape index (κ2) is 9.00. The lowest BCUT2D eigenvalue weighted by molar-refractivity contribution is -0.138. The molecule has 0 aliphatic carbocycles. The highest BCUT2D eigenvalue weighted by atomic mass is 32.2. The standard InChI is InChI=1S/C19H17N3O4S/c23-17(24)10-16-18(25)21-19(27-16)22-20-11-13-6-8-15(9-7-13)26-12-14-4-2-1-3-5-14/h1-9,11,16H,10,12H2,(H,23,24)(H,21,22,25)/b20-11-/t16-/m0/s1. The number of nitrogens with one attached hydrogen (secondary N) is 1. The van der Waals surface area contributed by atoms with E-state index in [1.807, 2.05) is 54.6 Å². The topological polar surface area (TPSA) is 100 Å². The molecule has 0 radical (unpaired) electrons. The van der Waals surface area contributed by atoms with Crippen molar-refractivity contribution >= 4 is 35.0 Å². The fourth-order valence-corrected chi connectivity index (χ4v) is 3.20. The molecule has 1 heterocycles. The summed E-state index contributed by atoms with van der Waals surface area (Å²) in [6.07, 6.45) is 1.30. The zero-order valence-electron chi connectivity index (χ0n) is 14.2. The second-order valence-electron chi connectivity index (χ2n) is 5.69. The third-order valence-corrected chi connectivity index (χ3v) is 4.69. The quantitative estimate of drug-likeness (QED) is 0.566. The lowest BCUT2D eigenvalue weighted by Gasteiger charge is -2.06. The monoisotopic (exact) mass is 383 g/mol. The van der Waals surface area contributed by atoms with Crippen LogP contribution in [-0.4, -0.2) is 33.6 Å². The number of thioether (sulfide) groups is 1. The molecule has 2 aromatic rings. The zero-order valence-corrected chi connectivity index (χ0v) is 15.1. The van der Waals surface area contributed by atoms with E-state index in [2.05, 4.69) is 15.5 Å². The van der Waals surface area contributed by atoms with Crippen molar-refractivity contribution in [1.29, 1.82) is 0 Å². The molecular formula is C19H17N3O4S. The molecule has 1 aliphatic rings. The molecule has 3 rings (SSSR count). The molecule has 8 heteroatoms. The highest BCUT2D eigenvalue weighted by Crippen LogP contribution is 2.22. The molecule has 0 unspecified atom stereocenters. The van der Waals surface area contributed by atoms with Crippen LogP contribution in [0.15, 0.2) is 64.8 Å². The van der Waals surface area contributed by atoms with Gasteiger partial charge in [-0.15, -0.1) is 5.10 Å². The van der Waals surface area contributed by atoms with Crippen LogP contribution in [0, 0.1) is 0 Å². The molecule has 0 aromatic heterocycles. The summed E-state index contributed by atoms with van der Waals surface area (Å²) in [5, 5.41) is 18.7. The Hall–Kier alpha value is -3.13. The number of hydrogen-bond acceptors (Lipinski definition) is 6. The molecule has 2 N–H and O–H groups in total. The molecule has 1 aliphatic heterocycles. The Balaban J connectivity index is 1.52. The molecule has 0 bridgehead atoms. The summed E-state index contributed by atoms with van der Waals surface area (Å²) in [4.78, 5) is 22.3. The Morgan fingerprint density at radius 2 is 1.93 bits per heavy atom. The van der Waals surface area contributed by atoms with E-state index in [0.29, 0.717) is 11.8 Å². The maximum Gasteiger partial charge on any atom is 0.305 e. The summed E-state index contributed by atoms with van der Waals surface area (Å²) in [5.74, 6) is -0.643. The molecule has 1 saturated heterocycles. The van der Waals surface area contributed by atoms with E-state index in [1.54, 1.807) is 6.21 Å². The van der Waals surface area contributed by atoms with Gasteiger partial charge in [0, 0.05) is 0 Å². The number of hydrogen-bond donors (Lipinski definition) is 2. The van der Waals surface area contributed by atoms with E-state index in [0.717, 1.165) is 28.6 Å². The van der Waals surface area contributed by atoms with Crippen molar-refractivity contribution in [2.75, 3.05) is 0 Å². The van der Waals surface area contributed by atoms with Gasteiger partial charge in [0.25, 0.3) is 0 Å². The van der Waals surface area contributed by atoms with E-state index >= 15 is 0 Å². The first kappa shape index (κ1) is 18.7. The lowest BCUT2D eigenvalue weighted by atomic mass is 10.2. The Morgan fingerprint density at radius 1 is 1.19 bits per heavy atom. The third-order valence-electron chi connectivity index (χ3n) is 3.62. The molecular weight excluding hydrogens is 366 g/mol. The molecule has 2 aromatic carbocycles. The minimum absolute atomic E-state index is 0.246. The van der Waals surface area contributed by atoms with Crippen LogP contribution in [0.4, 0.5) is 0 Å². The molecule has 1 amide bonds. The van der Waals surface area contributed by atoms with Crippen LogP contribution in [0.2, 0.25) is 0 Å². The number of amidine groups is 1. The Bertz CT molecular complexity index is 866. The zero-order chi connectivity index (χ0) is 19.1. The molecule has 0 spiro atoms. The first-order valence-electron chi connectivity index (χ1n) is 8.17. The number of amides is 1. The maximum absolute atomic E-state index is 11.6. The molecule has 7 nitrogen and oxygen atoms in total. The minimum atomic E-state index is -1.03. The third kappa shape index (κ3) is 5.68. The first-order valence-corrected chi connectivity index (χ1v) is 9.05. The van der Waals surface area contributed by atoms with Crippen LogP contribution in [0.5, 0.6) is 5.75 Å². The summed E-state index contributed by atoms with van der Waals surface area (Å²) in [6.45, 7) is 0.496. The van der Waals surface area contributed by atoms with Crippen LogP contribution in [-0.2, 0) is 16.2 Å². The predicted octanol–water partition coefficient (Wildman–Crippen LogP) is 2.66. The van der Waals surface area contributed by atoms with Gasteiger partial charge in [0.1, 0.15) is 17.6 Å². The average molecular weight is 383 g/mol. The number of nitrogens with zero attached hydrogens (tertiary/aromatic N) is 2. The van der Waals surface area contributed by atoms with Crippen molar-refractivity contribution < 1.29 is 19.4 Å². The maximum atomic E-state index is 11.6. The van der Waals surface area contributed by atoms with Crippen LogP contribution < -0.4 is 10.1 Å². The number of ether oxygens (including phenoxy) is 1. The van der Waals surface area contributed by atoms with Crippen molar-refractivity contribution in [1.82, 2.24) is 5.32 Å². The average Bonchev–Trinajstić information content (AvgIpc) is 3.00. The normalized spacial score (nSPS) is 18.0. The summed E-state index contributed by atoms with van der Waals surface area (Å²) in [5.41, 5.74) is 1.92. The fourth-order valence-electron chi connectivity index (χ4n) is 2.28. The van der Waals surface area contributed by atoms with Crippen molar-refractivity contribution in [3.63, 3.8) is 0 Å². The highest BCUT2D eigenvalue weighted by Gasteiger charge is 2.32. The Labute approximate surface area is 160 Å². The number of carboxylic acid groups (broad SMARTS) is 1. The van der Waals surface area contributed by atoms with Crippen molar-refractivity contribution in [2.24, 2.45) is 10.2 Å². The van der Waals surface area contributed by atoms with Crippen molar-refractivity contribution in [3.8, 4) is 5.75 Å². The summed E-state index contributed by atoms with van der Waals surface area (Å²) < 4.78 is 5.72.